The lowest BCUT2D eigenvalue weighted by Gasteiger charge is -2.05. The number of aromatic nitrogens is 2. The lowest BCUT2D eigenvalue weighted by Crippen LogP contribution is -2.04. The summed E-state index contributed by atoms with van der Waals surface area (Å²) in [7, 11) is 0. The van der Waals surface area contributed by atoms with Crippen LogP contribution in [0.15, 0.2) is 35.4 Å². The Hall–Kier alpha value is -2.23. The molecule has 1 aromatic heterocycles. The zero-order chi connectivity index (χ0) is 14.5. The van der Waals surface area contributed by atoms with E-state index in [9.17, 15) is 0 Å². The minimum absolute atomic E-state index is 0.550. The maximum absolute atomic E-state index is 4.41. The van der Waals surface area contributed by atoms with Crippen LogP contribution in [-0.4, -0.2) is 15.7 Å². The summed E-state index contributed by atoms with van der Waals surface area (Å²) in [5, 5.41) is 4.36. The van der Waals surface area contributed by atoms with Gasteiger partial charge in [-0.15, -0.1) is 0 Å². The van der Waals surface area contributed by atoms with Crippen molar-refractivity contribution in [3.05, 3.63) is 52.8 Å². The molecule has 2 rings (SSSR count). The highest BCUT2D eigenvalue weighted by molar-refractivity contribution is 5.99. The molecule has 0 unspecified atom stereocenters. The van der Waals surface area contributed by atoms with Gasteiger partial charge >= 0.3 is 0 Å². The minimum atomic E-state index is 0.550. The summed E-state index contributed by atoms with van der Waals surface area (Å²) < 4.78 is 0. The van der Waals surface area contributed by atoms with E-state index in [4.69, 9.17) is 0 Å². The van der Waals surface area contributed by atoms with Crippen LogP contribution in [0.3, 0.4) is 0 Å². The molecule has 1 aromatic carbocycles. The van der Waals surface area contributed by atoms with Crippen molar-refractivity contribution in [2.75, 3.05) is 5.43 Å². The molecule has 0 radical (unpaired) electrons. The number of nitrogens with zero attached hydrogens (tertiary/aromatic N) is 3. The summed E-state index contributed by atoms with van der Waals surface area (Å²) in [6.07, 6.45) is 0.888. The molecule has 20 heavy (non-hydrogen) atoms. The van der Waals surface area contributed by atoms with Gasteiger partial charge < -0.3 is 0 Å². The fourth-order valence-electron chi connectivity index (χ4n) is 1.93. The molecule has 0 spiro atoms. The Kier molecular flexibility index (Phi) is 4.45. The van der Waals surface area contributed by atoms with E-state index in [0.717, 1.165) is 29.1 Å². The van der Waals surface area contributed by atoms with E-state index < -0.39 is 0 Å². The fourth-order valence-corrected chi connectivity index (χ4v) is 1.93. The molecule has 104 valence electrons. The van der Waals surface area contributed by atoms with Gasteiger partial charge in [-0.05, 0) is 38.8 Å². The Morgan fingerprint density at radius 1 is 1.20 bits per heavy atom. The van der Waals surface area contributed by atoms with Gasteiger partial charge in [0.15, 0.2) is 0 Å². The summed E-state index contributed by atoms with van der Waals surface area (Å²) in [6.45, 7) is 8.08. The highest BCUT2D eigenvalue weighted by atomic mass is 15.4. The van der Waals surface area contributed by atoms with E-state index in [1.165, 1.54) is 5.56 Å². The van der Waals surface area contributed by atoms with Gasteiger partial charge in [-0.25, -0.2) is 15.4 Å². The van der Waals surface area contributed by atoms with Gasteiger partial charge in [-0.1, -0.05) is 36.8 Å². The lowest BCUT2D eigenvalue weighted by molar-refractivity contribution is 0.969. The molecule has 0 bridgehead atoms. The van der Waals surface area contributed by atoms with E-state index in [1.807, 2.05) is 32.0 Å². The number of hydrazone groups is 1. The molecule has 0 atom stereocenters. The molecule has 0 aliphatic heterocycles. The van der Waals surface area contributed by atoms with Crippen LogP contribution in [0.5, 0.6) is 0 Å². The first-order chi connectivity index (χ1) is 9.58. The zero-order valence-electron chi connectivity index (χ0n) is 12.4. The topological polar surface area (TPSA) is 50.2 Å². The van der Waals surface area contributed by atoms with Crippen LogP contribution in [0.4, 0.5) is 5.95 Å². The molecule has 1 heterocycles. The van der Waals surface area contributed by atoms with Crippen molar-refractivity contribution in [2.24, 2.45) is 5.10 Å². The summed E-state index contributed by atoms with van der Waals surface area (Å²) in [6, 6.07) is 10.2. The Labute approximate surface area is 120 Å². The highest BCUT2D eigenvalue weighted by Crippen LogP contribution is 2.08. The molecule has 0 saturated heterocycles. The van der Waals surface area contributed by atoms with Crippen LogP contribution in [-0.2, 0) is 6.42 Å². The Bertz CT molecular complexity index is 632. The molecule has 4 nitrogen and oxygen atoms in total. The van der Waals surface area contributed by atoms with Crippen LogP contribution >= 0.6 is 0 Å². The summed E-state index contributed by atoms with van der Waals surface area (Å²) in [5.74, 6) is 0.550. The third kappa shape index (κ3) is 3.63. The van der Waals surface area contributed by atoms with E-state index in [-0.39, 0.29) is 0 Å². The van der Waals surface area contributed by atoms with Crippen LogP contribution < -0.4 is 5.43 Å². The van der Waals surface area contributed by atoms with Gasteiger partial charge in [0.1, 0.15) is 0 Å². The van der Waals surface area contributed by atoms with Crippen LogP contribution in [0, 0.1) is 13.8 Å². The van der Waals surface area contributed by atoms with Crippen LogP contribution in [0.2, 0.25) is 0 Å². The van der Waals surface area contributed by atoms with E-state index in [2.05, 4.69) is 46.5 Å². The second kappa shape index (κ2) is 6.28. The second-order valence-corrected chi connectivity index (χ2v) is 4.86. The smallest absolute Gasteiger partial charge is 0.243 e. The molecular formula is C16H20N4. The molecule has 0 aliphatic rings. The predicted molar refractivity (Wildman–Crippen MR) is 83.2 cm³/mol. The van der Waals surface area contributed by atoms with Crippen molar-refractivity contribution < 1.29 is 0 Å². The number of benzene rings is 1. The average molecular weight is 268 g/mol. The largest absolute Gasteiger partial charge is 0.245 e. The van der Waals surface area contributed by atoms with Crippen LogP contribution in [0.1, 0.15) is 36.4 Å². The molecule has 1 N–H and O–H groups in total. The van der Waals surface area contributed by atoms with Gasteiger partial charge in [0.05, 0.1) is 5.71 Å². The second-order valence-electron chi connectivity index (χ2n) is 4.86. The fraction of sp³-hybridized carbons (Fsp3) is 0.312. The van der Waals surface area contributed by atoms with Gasteiger partial charge in [-0.3, -0.25) is 0 Å². The highest BCUT2D eigenvalue weighted by Gasteiger charge is 2.01. The van der Waals surface area contributed by atoms with E-state index >= 15 is 0 Å². The van der Waals surface area contributed by atoms with E-state index in [1.54, 1.807) is 0 Å². The number of anilines is 1. The zero-order valence-corrected chi connectivity index (χ0v) is 12.4. The van der Waals surface area contributed by atoms with Gasteiger partial charge in [0.2, 0.25) is 5.95 Å². The van der Waals surface area contributed by atoms with Crippen molar-refractivity contribution >= 4 is 11.7 Å². The quantitative estimate of drug-likeness (QED) is 0.682. The predicted octanol–water partition coefficient (Wildman–Crippen LogP) is 3.49. The van der Waals surface area contributed by atoms with Gasteiger partial charge in [0.25, 0.3) is 0 Å². The van der Waals surface area contributed by atoms with Gasteiger partial charge in [0, 0.05) is 11.4 Å². The van der Waals surface area contributed by atoms with Crippen molar-refractivity contribution in [1.82, 2.24) is 9.97 Å². The molecule has 0 fully saturated rings. The Morgan fingerprint density at radius 2 is 2.00 bits per heavy atom. The number of aryl methyl sites for hydroxylation is 3. The summed E-state index contributed by atoms with van der Waals surface area (Å²) in [4.78, 5) is 8.74. The van der Waals surface area contributed by atoms with Crippen molar-refractivity contribution in [3.8, 4) is 0 Å². The average Bonchev–Trinajstić information content (AvgIpc) is 2.44. The lowest BCUT2D eigenvalue weighted by atomic mass is 10.1. The number of rotatable bonds is 4. The Morgan fingerprint density at radius 3 is 2.70 bits per heavy atom. The van der Waals surface area contributed by atoms with Crippen molar-refractivity contribution in [3.63, 3.8) is 0 Å². The maximum Gasteiger partial charge on any atom is 0.243 e. The SMILES string of the molecule is CCc1cc(C)nc(NN=C(C)c2cccc(C)c2)n1. The molecule has 0 aliphatic carbocycles. The molecule has 2 aromatic rings. The summed E-state index contributed by atoms with van der Waals surface area (Å²) >= 11 is 0. The van der Waals surface area contributed by atoms with Crippen molar-refractivity contribution in [2.45, 2.75) is 34.1 Å². The third-order valence-electron chi connectivity index (χ3n) is 3.03. The Balaban J connectivity index is 2.18. The van der Waals surface area contributed by atoms with E-state index in [0.29, 0.717) is 5.95 Å². The number of hydrogen-bond acceptors (Lipinski definition) is 4. The first kappa shape index (κ1) is 14.2. The first-order valence-electron chi connectivity index (χ1n) is 6.80. The molecule has 0 amide bonds. The monoisotopic (exact) mass is 268 g/mol. The molecule has 4 heteroatoms. The minimum Gasteiger partial charge on any atom is -0.245 e. The number of hydrogen-bond donors (Lipinski definition) is 1. The van der Waals surface area contributed by atoms with Crippen LogP contribution in [0.25, 0.3) is 0 Å². The molecular weight excluding hydrogens is 248 g/mol. The summed E-state index contributed by atoms with van der Waals surface area (Å²) in [5.41, 5.74) is 8.14. The number of nitrogens with one attached hydrogen (secondary N) is 1. The van der Waals surface area contributed by atoms with Gasteiger partial charge in [-0.2, -0.15) is 5.10 Å². The molecule has 0 saturated carbocycles. The third-order valence-corrected chi connectivity index (χ3v) is 3.03. The van der Waals surface area contributed by atoms with Crippen molar-refractivity contribution in [1.29, 1.82) is 0 Å². The standard InChI is InChI=1S/C16H20N4/c1-5-15-10-12(3)17-16(18-15)20-19-13(4)14-8-6-7-11(2)9-14/h6-10H,5H2,1-4H3,(H,17,18,20). The first-order valence-corrected chi connectivity index (χ1v) is 6.80. The maximum atomic E-state index is 4.41. The normalized spacial score (nSPS) is 11.5.